The molecule has 0 amide bonds. The summed E-state index contributed by atoms with van der Waals surface area (Å²) >= 11 is 0. The molecular weight excluding hydrogens is 208 g/mol. The highest BCUT2D eigenvalue weighted by Gasteiger charge is 2.32. The standard InChI is InChI=1S/C15H30N2/c1-3-15(9-6-10-16-12-15)13-17(4-2)11-14-7-5-8-14/h14,16H,3-13H2,1-2H3. The van der Waals surface area contributed by atoms with Gasteiger partial charge in [-0.3, -0.25) is 0 Å². The zero-order valence-corrected chi connectivity index (χ0v) is 11.8. The van der Waals surface area contributed by atoms with Crippen LogP contribution in [0.1, 0.15) is 52.4 Å². The second-order valence-electron chi connectivity index (χ2n) is 6.26. The van der Waals surface area contributed by atoms with Crippen molar-refractivity contribution in [3.63, 3.8) is 0 Å². The lowest BCUT2D eigenvalue weighted by Gasteiger charge is -2.42. The lowest BCUT2D eigenvalue weighted by molar-refractivity contribution is 0.0901. The molecule has 1 saturated carbocycles. The predicted octanol–water partition coefficient (Wildman–Crippen LogP) is 2.89. The second kappa shape index (κ2) is 6.19. The first-order valence-electron chi connectivity index (χ1n) is 7.71. The Morgan fingerprint density at radius 2 is 2.06 bits per heavy atom. The normalized spacial score (nSPS) is 30.5. The van der Waals surface area contributed by atoms with Crippen LogP contribution in [0.5, 0.6) is 0 Å². The maximum absolute atomic E-state index is 3.61. The third-order valence-corrected chi connectivity index (χ3v) is 5.06. The number of rotatable bonds is 6. The molecule has 2 aliphatic rings. The fourth-order valence-corrected chi connectivity index (χ4v) is 3.40. The predicted molar refractivity (Wildman–Crippen MR) is 74.3 cm³/mol. The maximum atomic E-state index is 3.61. The Labute approximate surface area is 107 Å². The maximum Gasteiger partial charge on any atom is 0.00500 e. The van der Waals surface area contributed by atoms with Crippen LogP contribution in [0.25, 0.3) is 0 Å². The van der Waals surface area contributed by atoms with E-state index in [1.54, 1.807) is 0 Å². The van der Waals surface area contributed by atoms with Gasteiger partial charge in [0.15, 0.2) is 0 Å². The van der Waals surface area contributed by atoms with E-state index in [0.717, 1.165) is 5.92 Å². The third kappa shape index (κ3) is 3.45. The van der Waals surface area contributed by atoms with Crippen LogP contribution in [0, 0.1) is 11.3 Å². The van der Waals surface area contributed by atoms with Gasteiger partial charge >= 0.3 is 0 Å². The van der Waals surface area contributed by atoms with Gasteiger partial charge in [-0.2, -0.15) is 0 Å². The molecule has 0 spiro atoms. The van der Waals surface area contributed by atoms with E-state index in [0.29, 0.717) is 5.41 Å². The van der Waals surface area contributed by atoms with Gasteiger partial charge in [0.2, 0.25) is 0 Å². The van der Waals surface area contributed by atoms with Crippen molar-refractivity contribution in [2.45, 2.75) is 52.4 Å². The average molecular weight is 238 g/mol. The highest BCUT2D eigenvalue weighted by Crippen LogP contribution is 2.33. The topological polar surface area (TPSA) is 15.3 Å². The van der Waals surface area contributed by atoms with Gasteiger partial charge in [-0.05, 0) is 56.5 Å². The summed E-state index contributed by atoms with van der Waals surface area (Å²) in [5.74, 6) is 1.01. The molecule has 17 heavy (non-hydrogen) atoms. The molecular formula is C15H30N2. The Bertz CT molecular complexity index is 217. The van der Waals surface area contributed by atoms with Crippen LogP contribution in [-0.2, 0) is 0 Å². The molecule has 0 aromatic heterocycles. The zero-order valence-electron chi connectivity index (χ0n) is 11.8. The lowest BCUT2D eigenvalue weighted by atomic mass is 9.77. The second-order valence-corrected chi connectivity index (χ2v) is 6.26. The monoisotopic (exact) mass is 238 g/mol. The smallest absolute Gasteiger partial charge is 0.00500 e. The van der Waals surface area contributed by atoms with Crippen molar-refractivity contribution in [2.24, 2.45) is 11.3 Å². The summed E-state index contributed by atoms with van der Waals surface area (Å²) in [5, 5.41) is 3.61. The number of nitrogens with zero attached hydrogens (tertiary/aromatic N) is 1. The quantitative estimate of drug-likeness (QED) is 0.765. The molecule has 0 aromatic rings. The summed E-state index contributed by atoms with van der Waals surface area (Å²) in [4.78, 5) is 2.72. The Hall–Kier alpha value is -0.0800. The fourth-order valence-electron chi connectivity index (χ4n) is 3.40. The molecule has 1 aliphatic heterocycles. The van der Waals surface area contributed by atoms with Gasteiger partial charge in [0.05, 0.1) is 0 Å². The molecule has 1 atom stereocenters. The molecule has 1 unspecified atom stereocenters. The third-order valence-electron chi connectivity index (χ3n) is 5.06. The summed E-state index contributed by atoms with van der Waals surface area (Å²) in [6, 6.07) is 0. The molecule has 0 aromatic carbocycles. The molecule has 0 bridgehead atoms. The molecule has 1 heterocycles. The van der Waals surface area contributed by atoms with Gasteiger partial charge < -0.3 is 10.2 Å². The first-order valence-corrected chi connectivity index (χ1v) is 7.71. The minimum absolute atomic E-state index is 0.567. The Morgan fingerprint density at radius 1 is 1.24 bits per heavy atom. The van der Waals surface area contributed by atoms with Gasteiger partial charge in [-0.1, -0.05) is 20.3 Å². The number of hydrogen-bond acceptors (Lipinski definition) is 2. The van der Waals surface area contributed by atoms with Gasteiger partial charge in [-0.25, -0.2) is 0 Å². The van der Waals surface area contributed by atoms with E-state index < -0.39 is 0 Å². The van der Waals surface area contributed by atoms with Crippen molar-refractivity contribution in [1.82, 2.24) is 10.2 Å². The van der Waals surface area contributed by atoms with Crippen molar-refractivity contribution >= 4 is 0 Å². The summed E-state index contributed by atoms with van der Waals surface area (Å²) in [6.45, 7) is 11.1. The average Bonchev–Trinajstić information content (AvgIpc) is 2.33. The number of piperidine rings is 1. The van der Waals surface area contributed by atoms with E-state index in [4.69, 9.17) is 0 Å². The van der Waals surface area contributed by atoms with Crippen molar-refractivity contribution in [1.29, 1.82) is 0 Å². The first kappa shape index (κ1) is 13.4. The minimum Gasteiger partial charge on any atom is -0.316 e. The zero-order chi connectivity index (χ0) is 12.1. The van der Waals surface area contributed by atoms with Gasteiger partial charge in [0, 0.05) is 19.6 Å². The summed E-state index contributed by atoms with van der Waals surface area (Å²) < 4.78 is 0. The van der Waals surface area contributed by atoms with Gasteiger partial charge in [0.25, 0.3) is 0 Å². The summed E-state index contributed by atoms with van der Waals surface area (Å²) in [5.41, 5.74) is 0.567. The molecule has 2 nitrogen and oxygen atoms in total. The van der Waals surface area contributed by atoms with Crippen LogP contribution in [-0.4, -0.2) is 37.6 Å². The first-order chi connectivity index (χ1) is 8.28. The Kier molecular flexibility index (Phi) is 4.87. The van der Waals surface area contributed by atoms with Crippen LogP contribution in [0.2, 0.25) is 0 Å². The van der Waals surface area contributed by atoms with Crippen molar-refractivity contribution in [3.05, 3.63) is 0 Å². The molecule has 1 saturated heterocycles. The van der Waals surface area contributed by atoms with E-state index >= 15 is 0 Å². The van der Waals surface area contributed by atoms with Gasteiger partial charge in [-0.15, -0.1) is 0 Å². The van der Waals surface area contributed by atoms with Crippen molar-refractivity contribution in [2.75, 3.05) is 32.7 Å². The molecule has 1 N–H and O–H groups in total. The SMILES string of the molecule is CCN(CC1CCC1)CC1(CC)CCCNC1. The number of hydrogen-bond donors (Lipinski definition) is 1. The highest BCUT2D eigenvalue weighted by atomic mass is 15.1. The van der Waals surface area contributed by atoms with Crippen molar-refractivity contribution < 1.29 is 0 Å². The van der Waals surface area contributed by atoms with Crippen LogP contribution in [0.4, 0.5) is 0 Å². The van der Waals surface area contributed by atoms with Crippen LogP contribution >= 0.6 is 0 Å². The van der Waals surface area contributed by atoms with Crippen LogP contribution in [0.15, 0.2) is 0 Å². The minimum atomic E-state index is 0.567. The van der Waals surface area contributed by atoms with Crippen LogP contribution in [0.3, 0.4) is 0 Å². The van der Waals surface area contributed by atoms with Crippen LogP contribution < -0.4 is 5.32 Å². The van der Waals surface area contributed by atoms with Gasteiger partial charge in [0.1, 0.15) is 0 Å². The van der Waals surface area contributed by atoms with E-state index in [-0.39, 0.29) is 0 Å². The molecule has 2 fully saturated rings. The molecule has 2 rings (SSSR count). The summed E-state index contributed by atoms with van der Waals surface area (Å²) in [7, 11) is 0. The van der Waals surface area contributed by atoms with Crippen molar-refractivity contribution in [3.8, 4) is 0 Å². The molecule has 0 radical (unpaired) electrons. The van der Waals surface area contributed by atoms with E-state index in [1.165, 1.54) is 71.2 Å². The highest BCUT2D eigenvalue weighted by molar-refractivity contribution is 4.88. The molecule has 1 aliphatic carbocycles. The van der Waals surface area contributed by atoms with E-state index in [2.05, 4.69) is 24.1 Å². The number of nitrogens with one attached hydrogen (secondary N) is 1. The van der Waals surface area contributed by atoms with E-state index in [1.807, 2.05) is 0 Å². The Balaban J connectivity index is 1.85. The Morgan fingerprint density at radius 3 is 2.53 bits per heavy atom. The largest absolute Gasteiger partial charge is 0.316 e. The fraction of sp³-hybridized carbons (Fsp3) is 1.00. The lowest BCUT2D eigenvalue weighted by Crippen LogP contribution is -2.48. The summed E-state index contributed by atoms with van der Waals surface area (Å²) in [6.07, 6.45) is 8.57. The molecule has 2 heteroatoms. The molecule has 100 valence electrons. The van der Waals surface area contributed by atoms with E-state index in [9.17, 15) is 0 Å².